The van der Waals surface area contributed by atoms with E-state index in [1.54, 1.807) is 31.6 Å². The summed E-state index contributed by atoms with van der Waals surface area (Å²) >= 11 is 7.33. The molecule has 0 aliphatic heterocycles. The van der Waals surface area contributed by atoms with Crippen LogP contribution in [0.4, 0.5) is 5.69 Å². The average molecular weight is 355 g/mol. The zero-order chi connectivity index (χ0) is 17.0. The van der Waals surface area contributed by atoms with Crippen molar-refractivity contribution in [3.8, 4) is 5.75 Å². The molecule has 23 heavy (non-hydrogen) atoms. The van der Waals surface area contributed by atoms with Gasteiger partial charge < -0.3 is 14.6 Å². The second-order valence-electron chi connectivity index (χ2n) is 5.21. The highest BCUT2D eigenvalue weighted by molar-refractivity contribution is 8.00. The number of nitrogens with zero attached hydrogens (tertiary/aromatic N) is 3. The lowest BCUT2D eigenvalue weighted by Crippen LogP contribution is -2.23. The van der Waals surface area contributed by atoms with Crippen molar-refractivity contribution in [3.05, 3.63) is 29.5 Å². The van der Waals surface area contributed by atoms with Gasteiger partial charge >= 0.3 is 0 Å². The van der Waals surface area contributed by atoms with Crippen molar-refractivity contribution in [1.82, 2.24) is 14.8 Å². The van der Waals surface area contributed by atoms with Gasteiger partial charge in [0.05, 0.1) is 18.0 Å². The summed E-state index contributed by atoms with van der Waals surface area (Å²) in [6.07, 6.45) is 1.66. The molecule has 0 unspecified atom stereocenters. The van der Waals surface area contributed by atoms with Gasteiger partial charge in [0, 0.05) is 11.1 Å². The first-order valence-corrected chi connectivity index (χ1v) is 8.38. The molecule has 0 bridgehead atoms. The number of benzene rings is 1. The Morgan fingerprint density at radius 2 is 2.13 bits per heavy atom. The summed E-state index contributed by atoms with van der Waals surface area (Å²) in [6.45, 7) is 5.89. The van der Waals surface area contributed by atoms with E-state index in [0.29, 0.717) is 21.6 Å². The van der Waals surface area contributed by atoms with Crippen LogP contribution in [0.5, 0.6) is 5.75 Å². The van der Waals surface area contributed by atoms with Crippen LogP contribution in [0.1, 0.15) is 26.8 Å². The summed E-state index contributed by atoms with van der Waals surface area (Å²) < 4.78 is 7.16. The Morgan fingerprint density at radius 1 is 1.39 bits per heavy atom. The molecule has 0 fully saturated rings. The van der Waals surface area contributed by atoms with Gasteiger partial charge in [-0.15, -0.1) is 10.2 Å². The largest absolute Gasteiger partial charge is 0.495 e. The number of rotatable bonds is 6. The number of hydrogen-bond donors (Lipinski definition) is 1. The number of anilines is 1. The van der Waals surface area contributed by atoms with Crippen LogP contribution in [-0.2, 0) is 4.79 Å². The Morgan fingerprint density at radius 3 is 2.78 bits per heavy atom. The van der Waals surface area contributed by atoms with Crippen molar-refractivity contribution in [2.24, 2.45) is 0 Å². The first-order chi connectivity index (χ1) is 10.9. The molecule has 0 spiro atoms. The van der Waals surface area contributed by atoms with Gasteiger partial charge in [-0.2, -0.15) is 0 Å². The van der Waals surface area contributed by atoms with Crippen LogP contribution in [0.2, 0.25) is 5.02 Å². The predicted molar refractivity (Wildman–Crippen MR) is 92.4 cm³/mol. The predicted octanol–water partition coefficient (Wildman–Crippen LogP) is 3.64. The number of ether oxygens (including phenoxy) is 1. The van der Waals surface area contributed by atoms with Gasteiger partial charge in [0.25, 0.3) is 0 Å². The SMILES string of the molecule is COc1ccc(Cl)cc1NC(=O)[C@H](C)Sc1nncn1C(C)C. The summed E-state index contributed by atoms with van der Waals surface area (Å²) in [5.41, 5.74) is 0.544. The first kappa shape index (κ1) is 17.6. The molecule has 0 saturated heterocycles. The summed E-state index contributed by atoms with van der Waals surface area (Å²) in [6, 6.07) is 5.31. The second kappa shape index (κ2) is 7.70. The van der Waals surface area contributed by atoms with Gasteiger partial charge in [-0.3, -0.25) is 4.79 Å². The molecule has 0 radical (unpaired) electrons. The van der Waals surface area contributed by atoms with Gasteiger partial charge in [-0.05, 0) is 39.0 Å². The molecule has 1 amide bonds. The molecule has 1 heterocycles. The van der Waals surface area contributed by atoms with E-state index in [1.165, 1.54) is 11.8 Å². The van der Waals surface area contributed by atoms with Crippen molar-refractivity contribution < 1.29 is 9.53 Å². The summed E-state index contributed by atoms with van der Waals surface area (Å²) in [5.74, 6) is 0.402. The number of amides is 1. The maximum Gasteiger partial charge on any atom is 0.237 e. The monoisotopic (exact) mass is 354 g/mol. The highest BCUT2D eigenvalue weighted by Crippen LogP contribution is 2.29. The highest BCUT2D eigenvalue weighted by atomic mass is 35.5. The Hall–Kier alpha value is -1.73. The summed E-state index contributed by atoms with van der Waals surface area (Å²) in [7, 11) is 1.54. The molecule has 2 rings (SSSR count). The number of hydrogen-bond acceptors (Lipinski definition) is 5. The minimum atomic E-state index is -0.347. The van der Waals surface area contributed by atoms with Crippen molar-refractivity contribution in [2.75, 3.05) is 12.4 Å². The normalized spacial score (nSPS) is 12.3. The van der Waals surface area contributed by atoms with Crippen LogP contribution in [0.3, 0.4) is 0 Å². The van der Waals surface area contributed by atoms with E-state index in [4.69, 9.17) is 16.3 Å². The van der Waals surface area contributed by atoms with Crippen molar-refractivity contribution >= 4 is 35.0 Å². The lowest BCUT2D eigenvalue weighted by Gasteiger charge is -2.15. The fourth-order valence-corrected chi connectivity index (χ4v) is 3.02. The number of halogens is 1. The molecule has 0 saturated carbocycles. The lowest BCUT2D eigenvalue weighted by molar-refractivity contribution is -0.115. The molecule has 0 aliphatic carbocycles. The Balaban J connectivity index is 2.08. The first-order valence-electron chi connectivity index (χ1n) is 7.13. The molecule has 124 valence electrons. The molecule has 1 N–H and O–H groups in total. The molecule has 8 heteroatoms. The van der Waals surface area contributed by atoms with E-state index in [9.17, 15) is 4.79 Å². The van der Waals surface area contributed by atoms with Crippen LogP contribution < -0.4 is 10.1 Å². The summed E-state index contributed by atoms with van der Waals surface area (Å²) in [4.78, 5) is 12.4. The third kappa shape index (κ3) is 4.39. The third-order valence-corrected chi connectivity index (χ3v) is 4.47. The molecule has 1 atom stereocenters. The molecule has 6 nitrogen and oxygen atoms in total. The number of nitrogens with one attached hydrogen (secondary N) is 1. The van der Waals surface area contributed by atoms with E-state index in [0.717, 1.165) is 0 Å². The van der Waals surface area contributed by atoms with Gasteiger partial charge in [0.15, 0.2) is 5.16 Å². The summed E-state index contributed by atoms with van der Waals surface area (Å²) in [5, 5.41) is 11.7. The zero-order valence-corrected chi connectivity index (χ0v) is 15.0. The second-order valence-corrected chi connectivity index (χ2v) is 6.95. The Bertz CT molecular complexity index is 690. The van der Waals surface area contributed by atoms with Crippen LogP contribution in [0.25, 0.3) is 0 Å². The third-order valence-electron chi connectivity index (χ3n) is 3.17. The van der Waals surface area contributed by atoms with Gasteiger partial charge in [-0.25, -0.2) is 0 Å². The maximum absolute atomic E-state index is 12.4. The van der Waals surface area contributed by atoms with E-state index < -0.39 is 0 Å². The number of thioether (sulfide) groups is 1. The van der Waals surface area contributed by atoms with Crippen molar-refractivity contribution in [3.63, 3.8) is 0 Å². The van der Waals surface area contributed by atoms with Crippen LogP contribution in [0.15, 0.2) is 29.7 Å². The number of aromatic nitrogens is 3. The topological polar surface area (TPSA) is 69.0 Å². The van der Waals surface area contributed by atoms with Gasteiger partial charge in [-0.1, -0.05) is 23.4 Å². The van der Waals surface area contributed by atoms with Crippen LogP contribution in [-0.4, -0.2) is 33.0 Å². The minimum Gasteiger partial charge on any atom is -0.495 e. The number of carbonyl (C=O) groups is 1. The number of methoxy groups -OCH3 is 1. The van der Waals surface area contributed by atoms with Crippen LogP contribution >= 0.6 is 23.4 Å². The average Bonchev–Trinajstić information content (AvgIpc) is 2.95. The molecular formula is C15H19ClN4O2S. The maximum atomic E-state index is 12.4. The van der Waals surface area contributed by atoms with Crippen molar-refractivity contribution in [2.45, 2.75) is 37.2 Å². The highest BCUT2D eigenvalue weighted by Gasteiger charge is 2.20. The Kier molecular flexibility index (Phi) is 5.90. The molecule has 2 aromatic rings. The van der Waals surface area contributed by atoms with Crippen molar-refractivity contribution in [1.29, 1.82) is 0 Å². The van der Waals surface area contributed by atoms with E-state index in [1.807, 2.05) is 25.3 Å². The van der Waals surface area contributed by atoms with Crippen LogP contribution in [0, 0.1) is 0 Å². The molecule has 0 aliphatic rings. The molecule has 1 aromatic carbocycles. The minimum absolute atomic E-state index is 0.158. The molecular weight excluding hydrogens is 336 g/mol. The smallest absolute Gasteiger partial charge is 0.237 e. The zero-order valence-electron chi connectivity index (χ0n) is 13.4. The fraction of sp³-hybridized carbons (Fsp3) is 0.400. The molecule has 1 aromatic heterocycles. The van der Waals surface area contributed by atoms with E-state index in [2.05, 4.69) is 15.5 Å². The van der Waals surface area contributed by atoms with Gasteiger partial charge in [0.1, 0.15) is 12.1 Å². The quantitative estimate of drug-likeness (QED) is 0.802. The Labute approximate surface area is 144 Å². The number of carbonyl (C=O) groups excluding carboxylic acids is 1. The van der Waals surface area contributed by atoms with E-state index in [-0.39, 0.29) is 17.2 Å². The fourth-order valence-electron chi connectivity index (χ4n) is 1.89. The van der Waals surface area contributed by atoms with E-state index >= 15 is 0 Å². The van der Waals surface area contributed by atoms with Gasteiger partial charge in [0.2, 0.25) is 5.91 Å². The standard InChI is InChI=1S/C15H19ClN4O2S/c1-9(2)20-8-17-19-15(20)23-10(3)14(21)18-12-7-11(16)5-6-13(12)22-4/h5-10H,1-4H3,(H,18,21)/t10-/m0/s1. The lowest BCUT2D eigenvalue weighted by atomic mass is 10.3.